The number of rotatable bonds is 10. The van der Waals surface area contributed by atoms with E-state index in [9.17, 15) is 9.59 Å². The summed E-state index contributed by atoms with van der Waals surface area (Å²) in [6, 6.07) is 15.0. The van der Waals surface area contributed by atoms with E-state index in [4.69, 9.17) is 0 Å². The lowest BCUT2D eigenvalue weighted by atomic mass is 10.0. The topological polar surface area (TPSA) is 102 Å². The molecule has 0 spiro atoms. The number of nitrogens with one attached hydrogen (secondary N) is 2. The Balaban J connectivity index is 1.40. The second kappa shape index (κ2) is 12.7. The van der Waals surface area contributed by atoms with E-state index in [2.05, 4.69) is 41.7 Å². The third-order valence-electron chi connectivity index (χ3n) is 5.83. The smallest absolute Gasteiger partial charge is 0.251 e. The van der Waals surface area contributed by atoms with Crippen LogP contribution in [0, 0.1) is 12.8 Å². The lowest BCUT2D eigenvalue weighted by Gasteiger charge is -2.22. The van der Waals surface area contributed by atoms with Crippen molar-refractivity contribution in [2.45, 2.75) is 45.4 Å². The summed E-state index contributed by atoms with van der Waals surface area (Å²) in [6.07, 6.45) is 0. The number of aromatic nitrogens is 4. The molecule has 198 valence electrons. The Bertz CT molecular complexity index is 1400. The Hall–Kier alpha value is -3.02. The fourth-order valence-corrected chi connectivity index (χ4v) is 5.57. The largest absolute Gasteiger partial charge is 0.342 e. The van der Waals surface area contributed by atoms with Crippen molar-refractivity contribution < 1.29 is 9.59 Å². The molecule has 38 heavy (non-hydrogen) atoms. The molecular formula is C27H29BrN6O2S2. The van der Waals surface area contributed by atoms with Gasteiger partial charge in [0.2, 0.25) is 5.91 Å². The molecule has 0 aliphatic carbocycles. The van der Waals surface area contributed by atoms with E-state index < -0.39 is 0 Å². The number of benzene rings is 2. The highest BCUT2D eigenvalue weighted by Crippen LogP contribution is 2.28. The van der Waals surface area contributed by atoms with E-state index in [1.54, 1.807) is 0 Å². The molecule has 2 N–H and O–H groups in total. The SMILES string of the molecule is CCn1c(SCC(=O)Nc2nc(-c3ccc(Br)cc3)cs2)nnc1[C@@H](NC(=O)c1ccc(C)cc1)C(C)C. The number of hydrogen-bond acceptors (Lipinski definition) is 7. The van der Waals surface area contributed by atoms with Gasteiger partial charge in [0.25, 0.3) is 5.91 Å². The van der Waals surface area contributed by atoms with E-state index in [0.717, 1.165) is 21.3 Å². The summed E-state index contributed by atoms with van der Waals surface area (Å²) >= 11 is 6.13. The van der Waals surface area contributed by atoms with E-state index in [1.807, 2.05) is 86.2 Å². The predicted molar refractivity (Wildman–Crippen MR) is 157 cm³/mol. The minimum Gasteiger partial charge on any atom is -0.342 e. The molecule has 1 atom stereocenters. The number of nitrogens with zero attached hydrogens (tertiary/aromatic N) is 4. The number of carbonyl (C=O) groups is 2. The standard InChI is InChI=1S/C27H29BrN6O2S2/c1-5-34-24(23(16(2)3)31-25(36)19-8-6-17(4)7-9-19)32-33-27(34)38-15-22(35)30-26-29-21(14-37-26)18-10-12-20(28)13-11-18/h6-14,16,23H,5,15H2,1-4H3,(H,31,36)(H,29,30,35)/t23-/m0/s1. The predicted octanol–water partition coefficient (Wildman–Crippen LogP) is 6.35. The van der Waals surface area contributed by atoms with Gasteiger partial charge >= 0.3 is 0 Å². The van der Waals surface area contributed by atoms with Crippen LogP contribution in [0.25, 0.3) is 11.3 Å². The maximum atomic E-state index is 12.9. The molecule has 0 fully saturated rings. The minimum atomic E-state index is -0.327. The Kier molecular flexibility index (Phi) is 9.35. The van der Waals surface area contributed by atoms with Gasteiger partial charge in [0.15, 0.2) is 16.1 Å². The molecule has 2 amide bonds. The number of thioether (sulfide) groups is 1. The van der Waals surface area contributed by atoms with Crippen LogP contribution in [0.4, 0.5) is 5.13 Å². The van der Waals surface area contributed by atoms with Gasteiger partial charge in [0.05, 0.1) is 17.5 Å². The Labute approximate surface area is 238 Å². The highest BCUT2D eigenvalue weighted by Gasteiger charge is 2.26. The quantitative estimate of drug-likeness (QED) is 0.202. The number of aryl methyl sites for hydroxylation is 1. The van der Waals surface area contributed by atoms with Gasteiger partial charge in [-0.25, -0.2) is 4.98 Å². The molecule has 2 heterocycles. The maximum absolute atomic E-state index is 12.9. The van der Waals surface area contributed by atoms with E-state index in [1.165, 1.54) is 23.1 Å². The molecule has 0 aliphatic heterocycles. The lowest BCUT2D eigenvalue weighted by Crippen LogP contribution is -2.33. The number of amides is 2. The fourth-order valence-electron chi connectivity index (χ4n) is 3.76. The van der Waals surface area contributed by atoms with Crippen LogP contribution in [0.5, 0.6) is 0 Å². The van der Waals surface area contributed by atoms with Gasteiger partial charge in [-0.3, -0.25) is 9.59 Å². The number of carbonyl (C=O) groups excluding carboxylic acids is 2. The van der Waals surface area contributed by atoms with E-state index >= 15 is 0 Å². The van der Waals surface area contributed by atoms with Crippen LogP contribution in [0.1, 0.15) is 48.6 Å². The number of halogens is 1. The zero-order valence-electron chi connectivity index (χ0n) is 21.6. The molecule has 11 heteroatoms. The van der Waals surface area contributed by atoms with Crippen molar-refractivity contribution in [3.05, 3.63) is 75.3 Å². The molecule has 2 aromatic heterocycles. The normalized spacial score (nSPS) is 11.9. The van der Waals surface area contributed by atoms with Crippen LogP contribution in [-0.2, 0) is 11.3 Å². The molecule has 0 saturated heterocycles. The highest BCUT2D eigenvalue weighted by atomic mass is 79.9. The number of anilines is 1. The molecule has 0 radical (unpaired) electrons. The zero-order chi connectivity index (χ0) is 27.2. The van der Waals surface area contributed by atoms with Gasteiger partial charge in [0.1, 0.15) is 0 Å². The summed E-state index contributed by atoms with van der Waals surface area (Å²) in [5.74, 6) is 0.587. The summed E-state index contributed by atoms with van der Waals surface area (Å²) in [7, 11) is 0. The van der Waals surface area contributed by atoms with Crippen molar-refractivity contribution in [3.8, 4) is 11.3 Å². The maximum Gasteiger partial charge on any atom is 0.251 e. The van der Waals surface area contributed by atoms with Crippen molar-refractivity contribution in [1.29, 1.82) is 0 Å². The van der Waals surface area contributed by atoms with Crippen molar-refractivity contribution >= 4 is 56.0 Å². The molecule has 0 aliphatic rings. The first kappa shape index (κ1) is 28.0. The molecule has 8 nitrogen and oxygen atoms in total. The third kappa shape index (κ3) is 6.89. The second-order valence-corrected chi connectivity index (χ2v) is 11.7. The van der Waals surface area contributed by atoms with Gasteiger partial charge in [-0.2, -0.15) is 0 Å². The second-order valence-electron chi connectivity index (χ2n) is 9.03. The number of hydrogen-bond donors (Lipinski definition) is 2. The van der Waals surface area contributed by atoms with Crippen molar-refractivity contribution in [2.75, 3.05) is 11.1 Å². The van der Waals surface area contributed by atoms with E-state index in [-0.39, 0.29) is 29.5 Å². The van der Waals surface area contributed by atoms with Crippen molar-refractivity contribution in [2.24, 2.45) is 5.92 Å². The first-order valence-corrected chi connectivity index (χ1v) is 14.9. The van der Waals surface area contributed by atoms with Gasteiger partial charge < -0.3 is 15.2 Å². The third-order valence-corrected chi connectivity index (χ3v) is 8.08. The van der Waals surface area contributed by atoms with Crippen molar-refractivity contribution in [3.63, 3.8) is 0 Å². The van der Waals surface area contributed by atoms with Gasteiger partial charge in [0, 0.05) is 27.5 Å². The van der Waals surface area contributed by atoms with Crippen LogP contribution >= 0.6 is 39.0 Å². The summed E-state index contributed by atoms with van der Waals surface area (Å²) in [5, 5.41) is 17.8. The van der Waals surface area contributed by atoms with Crippen LogP contribution in [-0.4, -0.2) is 37.3 Å². The van der Waals surface area contributed by atoms with Crippen molar-refractivity contribution in [1.82, 2.24) is 25.1 Å². The molecule has 2 aromatic carbocycles. The monoisotopic (exact) mass is 612 g/mol. The average Bonchev–Trinajstić information content (AvgIpc) is 3.53. The fraction of sp³-hybridized carbons (Fsp3) is 0.296. The zero-order valence-corrected chi connectivity index (χ0v) is 24.8. The van der Waals surface area contributed by atoms with Crippen LogP contribution in [0.2, 0.25) is 0 Å². The van der Waals surface area contributed by atoms with Gasteiger partial charge in [-0.15, -0.1) is 21.5 Å². The van der Waals surface area contributed by atoms with Gasteiger partial charge in [-0.05, 0) is 44.0 Å². The summed E-state index contributed by atoms with van der Waals surface area (Å²) in [6.45, 7) is 8.66. The van der Waals surface area contributed by atoms with Crippen LogP contribution in [0.3, 0.4) is 0 Å². The molecule has 4 aromatic rings. The molecule has 4 rings (SSSR count). The number of thiazole rings is 1. The first-order valence-electron chi connectivity index (χ1n) is 12.2. The molecular weight excluding hydrogens is 584 g/mol. The van der Waals surface area contributed by atoms with Crippen LogP contribution < -0.4 is 10.6 Å². The lowest BCUT2D eigenvalue weighted by molar-refractivity contribution is -0.113. The Morgan fingerprint density at radius 1 is 1.08 bits per heavy atom. The first-order chi connectivity index (χ1) is 18.2. The van der Waals surface area contributed by atoms with Gasteiger partial charge in [-0.1, -0.05) is 71.4 Å². The summed E-state index contributed by atoms with van der Waals surface area (Å²) in [5.41, 5.74) is 3.49. The molecule has 0 saturated carbocycles. The Morgan fingerprint density at radius 2 is 1.79 bits per heavy atom. The average molecular weight is 614 g/mol. The molecule has 0 bridgehead atoms. The van der Waals surface area contributed by atoms with E-state index in [0.29, 0.717) is 28.2 Å². The highest BCUT2D eigenvalue weighted by molar-refractivity contribution is 9.10. The molecule has 0 unspecified atom stereocenters. The summed E-state index contributed by atoms with van der Waals surface area (Å²) in [4.78, 5) is 30.1. The minimum absolute atomic E-state index is 0.0878. The Morgan fingerprint density at radius 3 is 2.45 bits per heavy atom. The summed E-state index contributed by atoms with van der Waals surface area (Å²) < 4.78 is 2.95. The van der Waals surface area contributed by atoms with Crippen LogP contribution in [0.15, 0.2) is 63.5 Å².